The van der Waals surface area contributed by atoms with E-state index in [-0.39, 0.29) is 23.7 Å². The van der Waals surface area contributed by atoms with Crippen LogP contribution in [-0.2, 0) is 11.2 Å². The van der Waals surface area contributed by atoms with Gasteiger partial charge in [-0.3, -0.25) is 9.59 Å². The zero-order chi connectivity index (χ0) is 17.1. The summed E-state index contributed by atoms with van der Waals surface area (Å²) in [6.07, 6.45) is 2.19. The number of carboxylic acid groups (broad SMARTS) is 1. The number of benzene rings is 1. The third-order valence-electron chi connectivity index (χ3n) is 4.15. The number of aliphatic carboxylic acids is 1. The summed E-state index contributed by atoms with van der Waals surface area (Å²) in [6, 6.07) is 6.17. The minimum absolute atomic E-state index is 0.119. The maximum Gasteiger partial charge on any atom is 0.306 e. The van der Waals surface area contributed by atoms with Crippen LogP contribution in [-0.4, -0.2) is 28.0 Å². The summed E-state index contributed by atoms with van der Waals surface area (Å²) in [5.74, 6) is -1.77. The van der Waals surface area contributed by atoms with Gasteiger partial charge in [-0.2, -0.15) is 0 Å². The van der Waals surface area contributed by atoms with Crippen molar-refractivity contribution in [3.8, 4) is 0 Å². The first-order chi connectivity index (χ1) is 11.5. The van der Waals surface area contributed by atoms with Crippen LogP contribution in [0.4, 0.5) is 4.39 Å². The summed E-state index contributed by atoms with van der Waals surface area (Å²) in [7, 11) is 0. The van der Waals surface area contributed by atoms with Crippen molar-refractivity contribution in [2.75, 3.05) is 0 Å². The number of halogens is 1. The van der Waals surface area contributed by atoms with Gasteiger partial charge in [0.15, 0.2) is 0 Å². The van der Waals surface area contributed by atoms with Gasteiger partial charge in [0, 0.05) is 17.8 Å². The minimum atomic E-state index is -0.808. The van der Waals surface area contributed by atoms with Crippen molar-refractivity contribution in [1.82, 2.24) is 10.3 Å². The zero-order valence-corrected chi connectivity index (χ0v) is 13.7. The fourth-order valence-electron chi connectivity index (χ4n) is 2.91. The summed E-state index contributed by atoms with van der Waals surface area (Å²) in [4.78, 5) is 27.5. The Balaban J connectivity index is 1.59. The van der Waals surface area contributed by atoms with Crippen molar-refractivity contribution in [3.05, 3.63) is 51.7 Å². The molecule has 2 N–H and O–H groups in total. The normalized spacial score (nSPS) is 20.0. The quantitative estimate of drug-likeness (QED) is 0.871. The standard InChI is InChI=1S/C17H17FN2O3S/c18-12-3-1-2-10(6-12)7-15-20-14(9-24-15)16(21)19-13-5-4-11(8-13)17(22)23/h1-3,6,9,11,13H,4-5,7-8H2,(H,19,21)(H,22,23)/t11-,13+/m1/s1. The average Bonchev–Trinajstić information content (AvgIpc) is 3.17. The van der Waals surface area contributed by atoms with E-state index in [0.29, 0.717) is 31.4 Å². The predicted molar refractivity (Wildman–Crippen MR) is 87.6 cm³/mol. The third-order valence-corrected chi connectivity index (χ3v) is 4.99. The molecule has 3 rings (SSSR count). The molecule has 1 aromatic heterocycles. The predicted octanol–water partition coefficient (Wildman–Crippen LogP) is 2.86. The van der Waals surface area contributed by atoms with E-state index in [2.05, 4.69) is 10.3 Å². The lowest BCUT2D eigenvalue weighted by Crippen LogP contribution is -2.33. The highest BCUT2D eigenvalue weighted by atomic mass is 32.1. The van der Waals surface area contributed by atoms with Crippen LogP contribution in [0.2, 0.25) is 0 Å². The van der Waals surface area contributed by atoms with Gasteiger partial charge in [-0.25, -0.2) is 9.37 Å². The molecule has 5 nitrogen and oxygen atoms in total. The molecule has 2 atom stereocenters. The average molecular weight is 348 g/mol. The lowest BCUT2D eigenvalue weighted by Gasteiger charge is -2.10. The first-order valence-electron chi connectivity index (χ1n) is 7.74. The molecule has 126 valence electrons. The van der Waals surface area contributed by atoms with E-state index in [1.165, 1.54) is 23.5 Å². The Kier molecular flexibility index (Phi) is 4.89. The van der Waals surface area contributed by atoms with Crippen LogP contribution in [0.5, 0.6) is 0 Å². The molecule has 0 radical (unpaired) electrons. The van der Waals surface area contributed by atoms with Gasteiger partial charge in [0.1, 0.15) is 11.5 Å². The molecule has 0 bridgehead atoms. The topological polar surface area (TPSA) is 79.3 Å². The van der Waals surface area contributed by atoms with Gasteiger partial charge in [0.25, 0.3) is 5.91 Å². The number of rotatable bonds is 5. The lowest BCUT2D eigenvalue weighted by atomic mass is 10.1. The zero-order valence-electron chi connectivity index (χ0n) is 12.9. The highest BCUT2D eigenvalue weighted by molar-refractivity contribution is 7.09. The number of nitrogens with zero attached hydrogens (tertiary/aromatic N) is 1. The monoisotopic (exact) mass is 348 g/mol. The summed E-state index contributed by atoms with van der Waals surface area (Å²) < 4.78 is 13.2. The van der Waals surface area contributed by atoms with Crippen LogP contribution < -0.4 is 5.32 Å². The Morgan fingerprint density at radius 2 is 2.21 bits per heavy atom. The fraction of sp³-hybridized carbons (Fsp3) is 0.353. The molecule has 1 aromatic carbocycles. The van der Waals surface area contributed by atoms with Crippen LogP contribution in [0.15, 0.2) is 29.6 Å². The molecule has 1 saturated carbocycles. The number of thiazole rings is 1. The van der Waals surface area contributed by atoms with Crippen LogP contribution in [0.25, 0.3) is 0 Å². The summed E-state index contributed by atoms with van der Waals surface area (Å²) in [5.41, 5.74) is 1.13. The minimum Gasteiger partial charge on any atom is -0.481 e. The molecule has 1 aliphatic rings. The first kappa shape index (κ1) is 16.6. The Labute approximate surface area is 142 Å². The molecule has 0 spiro atoms. The molecular weight excluding hydrogens is 331 g/mol. The molecule has 1 fully saturated rings. The molecular formula is C17H17FN2O3S. The van der Waals surface area contributed by atoms with Gasteiger partial charge in [0.05, 0.1) is 10.9 Å². The summed E-state index contributed by atoms with van der Waals surface area (Å²) >= 11 is 1.35. The van der Waals surface area contributed by atoms with Crippen molar-refractivity contribution in [2.24, 2.45) is 5.92 Å². The molecule has 24 heavy (non-hydrogen) atoms. The van der Waals surface area contributed by atoms with Gasteiger partial charge in [0.2, 0.25) is 0 Å². The Bertz CT molecular complexity index is 762. The lowest BCUT2D eigenvalue weighted by molar-refractivity contribution is -0.141. The van der Waals surface area contributed by atoms with E-state index in [0.717, 1.165) is 10.6 Å². The Hall–Kier alpha value is -2.28. The fourth-order valence-corrected chi connectivity index (χ4v) is 3.72. The van der Waals surface area contributed by atoms with Gasteiger partial charge in [-0.05, 0) is 37.0 Å². The molecule has 2 aromatic rings. The van der Waals surface area contributed by atoms with Gasteiger partial charge in [-0.15, -0.1) is 11.3 Å². The number of carbonyl (C=O) groups is 2. The summed E-state index contributed by atoms with van der Waals surface area (Å²) in [6.45, 7) is 0. The van der Waals surface area contributed by atoms with Gasteiger partial charge in [-0.1, -0.05) is 12.1 Å². The Morgan fingerprint density at radius 1 is 1.38 bits per heavy atom. The molecule has 1 aliphatic carbocycles. The van der Waals surface area contributed by atoms with Crippen molar-refractivity contribution >= 4 is 23.2 Å². The summed E-state index contributed by atoms with van der Waals surface area (Å²) in [5, 5.41) is 14.3. The van der Waals surface area contributed by atoms with Crippen molar-refractivity contribution in [3.63, 3.8) is 0 Å². The van der Waals surface area contributed by atoms with Crippen molar-refractivity contribution in [1.29, 1.82) is 0 Å². The molecule has 0 saturated heterocycles. The van der Waals surface area contributed by atoms with E-state index in [9.17, 15) is 14.0 Å². The number of aromatic nitrogens is 1. The third kappa shape index (κ3) is 3.97. The molecule has 1 heterocycles. The van der Waals surface area contributed by atoms with E-state index < -0.39 is 5.97 Å². The Morgan fingerprint density at radius 3 is 2.92 bits per heavy atom. The van der Waals surface area contributed by atoms with Crippen LogP contribution >= 0.6 is 11.3 Å². The van der Waals surface area contributed by atoms with Crippen LogP contribution in [0.1, 0.15) is 40.3 Å². The number of hydrogen-bond donors (Lipinski definition) is 2. The highest BCUT2D eigenvalue weighted by Gasteiger charge is 2.31. The van der Waals surface area contributed by atoms with Crippen LogP contribution in [0.3, 0.4) is 0 Å². The van der Waals surface area contributed by atoms with Gasteiger partial charge >= 0.3 is 5.97 Å². The highest BCUT2D eigenvalue weighted by Crippen LogP contribution is 2.26. The number of nitrogens with one attached hydrogen (secondary N) is 1. The number of amides is 1. The second kappa shape index (κ2) is 7.09. The van der Waals surface area contributed by atoms with E-state index in [4.69, 9.17) is 5.11 Å². The van der Waals surface area contributed by atoms with Gasteiger partial charge < -0.3 is 10.4 Å². The number of carboxylic acids is 1. The maximum absolute atomic E-state index is 13.2. The SMILES string of the molecule is O=C(N[C@H]1CC[C@@H](C(=O)O)C1)c1csc(Cc2cccc(F)c2)n1. The molecule has 0 aliphatic heterocycles. The van der Waals surface area contributed by atoms with Crippen molar-refractivity contribution < 1.29 is 19.1 Å². The molecule has 1 amide bonds. The first-order valence-corrected chi connectivity index (χ1v) is 8.62. The number of carbonyl (C=O) groups excluding carboxylic acids is 1. The second-order valence-electron chi connectivity index (χ2n) is 5.95. The molecule has 0 unspecified atom stereocenters. The van der Waals surface area contributed by atoms with E-state index in [1.807, 2.05) is 6.07 Å². The van der Waals surface area contributed by atoms with E-state index in [1.54, 1.807) is 11.4 Å². The molecule has 7 heteroatoms. The maximum atomic E-state index is 13.2. The number of hydrogen-bond acceptors (Lipinski definition) is 4. The smallest absolute Gasteiger partial charge is 0.306 e. The van der Waals surface area contributed by atoms with Crippen molar-refractivity contribution in [2.45, 2.75) is 31.7 Å². The largest absolute Gasteiger partial charge is 0.481 e. The van der Waals surface area contributed by atoms with Crippen LogP contribution in [0, 0.1) is 11.7 Å². The second-order valence-corrected chi connectivity index (χ2v) is 6.89. The van der Waals surface area contributed by atoms with E-state index >= 15 is 0 Å².